The van der Waals surface area contributed by atoms with E-state index in [1.807, 2.05) is 35.9 Å². The van der Waals surface area contributed by atoms with Gasteiger partial charge in [0.25, 0.3) is 5.56 Å². The van der Waals surface area contributed by atoms with Crippen LogP contribution in [0.25, 0.3) is 10.9 Å². The number of fused-ring (bicyclic) bond motifs is 1. The number of H-pyrrole nitrogens is 1. The molecular weight excluding hydrogens is 380 g/mol. The van der Waals surface area contributed by atoms with Crippen molar-refractivity contribution < 1.29 is 4.74 Å². The van der Waals surface area contributed by atoms with E-state index in [1.54, 1.807) is 0 Å². The minimum absolute atomic E-state index is 0.0791. The van der Waals surface area contributed by atoms with Crippen LogP contribution in [0.1, 0.15) is 68.9 Å². The van der Waals surface area contributed by atoms with Crippen LogP contribution in [0, 0.1) is 0 Å². The molecule has 2 aromatic heterocycles. The van der Waals surface area contributed by atoms with E-state index in [0.29, 0.717) is 18.2 Å². The van der Waals surface area contributed by atoms with Gasteiger partial charge in [0, 0.05) is 16.5 Å². The van der Waals surface area contributed by atoms with E-state index in [0.717, 1.165) is 61.2 Å². The number of likely N-dealkylation sites (tertiary alicyclic amines) is 1. The van der Waals surface area contributed by atoms with Crippen molar-refractivity contribution in [2.24, 2.45) is 0 Å². The maximum Gasteiger partial charge on any atom is 0.253 e. The molecule has 1 saturated carbocycles. The Morgan fingerprint density at radius 2 is 1.97 bits per heavy atom. The van der Waals surface area contributed by atoms with Crippen molar-refractivity contribution in [3.63, 3.8) is 0 Å². The van der Waals surface area contributed by atoms with Crippen molar-refractivity contribution in [1.29, 1.82) is 0 Å². The standard InChI is InChI=1S/C22H28N6O2/c1-2-30-17-9-10-19-15(13-17)14-18(22(29)23-19)20(27-11-5-6-12-27)21-24-25-26-28(21)16-7-3-4-8-16/h9-10,13-14,16,20H,2-8,11-12H2,1H3,(H,23,29)/t20-/m1/s1. The van der Waals surface area contributed by atoms with E-state index < -0.39 is 0 Å². The molecule has 1 N–H and O–H groups in total. The maximum absolute atomic E-state index is 13.2. The van der Waals surface area contributed by atoms with Crippen LogP contribution in [0.2, 0.25) is 0 Å². The lowest BCUT2D eigenvalue weighted by Crippen LogP contribution is -2.33. The molecule has 8 nitrogen and oxygen atoms in total. The molecule has 1 atom stereocenters. The predicted molar refractivity (Wildman–Crippen MR) is 114 cm³/mol. The lowest BCUT2D eigenvalue weighted by molar-refractivity contribution is 0.256. The zero-order valence-corrected chi connectivity index (χ0v) is 17.4. The van der Waals surface area contributed by atoms with Crippen molar-refractivity contribution >= 4 is 10.9 Å². The zero-order valence-electron chi connectivity index (χ0n) is 17.4. The summed E-state index contributed by atoms with van der Waals surface area (Å²) in [5.41, 5.74) is 1.43. The fourth-order valence-electron chi connectivity index (χ4n) is 4.95. The van der Waals surface area contributed by atoms with Crippen molar-refractivity contribution in [3.8, 4) is 5.75 Å². The van der Waals surface area contributed by atoms with Crippen molar-refractivity contribution in [3.05, 3.63) is 46.0 Å². The number of nitrogens with one attached hydrogen (secondary N) is 1. The quantitative estimate of drug-likeness (QED) is 0.674. The first kappa shape index (κ1) is 19.2. The van der Waals surface area contributed by atoms with Gasteiger partial charge < -0.3 is 9.72 Å². The van der Waals surface area contributed by atoms with E-state index >= 15 is 0 Å². The minimum Gasteiger partial charge on any atom is -0.494 e. The summed E-state index contributed by atoms with van der Waals surface area (Å²) in [6, 6.07) is 7.85. The third-order valence-corrected chi connectivity index (χ3v) is 6.39. The Balaban J connectivity index is 1.63. The lowest BCUT2D eigenvalue weighted by atomic mass is 10.0. The first-order valence-corrected chi connectivity index (χ1v) is 11.1. The number of hydrogen-bond acceptors (Lipinski definition) is 6. The SMILES string of the molecule is CCOc1ccc2[nH]c(=O)c([C@H](c3nnnn3C3CCCC3)N3CCCC3)cc2c1. The molecule has 3 heterocycles. The van der Waals surface area contributed by atoms with Gasteiger partial charge >= 0.3 is 0 Å². The molecule has 0 amide bonds. The fraction of sp³-hybridized carbons (Fsp3) is 0.545. The molecular formula is C22H28N6O2. The normalized spacial score (nSPS) is 19.0. The number of hydrogen-bond donors (Lipinski definition) is 1. The van der Waals surface area contributed by atoms with Crippen LogP contribution < -0.4 is 10.3 Å². The minimum atomic E-state index is -0.244. The third kappa shape index (κ3) is 3.49. The Kier molecular flexibility index (Phi) is 5.25. The van der Waals surface area contributed by atoms with Crippen LogP contribution in [-0.2, 0) is 0 Å². The molecule has 0 bridgehead atoms. The van der Waals surface area contributed by atoms with E-state index in [2.05, 4.69) is 25.4 Å². The average molecular weight is 409 g/mol. The highest BCUT2D eigenvalue weighted by Gasteiger charge is 2.34. The molecule has 3 aromatic rings. The molecule has 2 fully saturated rings. The second-order valence-electron chi connectivity index (χ2n) is 8.30. The molecule has 30 heavy (non-hydrogen) atoms. The van der Waals surface area contributed by atoms with Gasteiger partial charge in [-0.1, -0.05) is 12.8 Å². The summed E-state index contributed by atoms with van der Waals surface area (Å²) in [6.07, 6.45) is 6.85. The molecule has 158 valence electrons. The lowest BCUT2D eigenvalue weighted by Gasteiger charge is -2.27. The number of tetrazole rings is 1. The Morgan fingerprint density at radius 3 is 2.73 bits per heavy atom. The summed E-state index contributed by atoms with van der Waals surface area (Å²) < 4.78 is 7.65. The van der Waals surface area contributed by atoms with E-state index in [-0.39, 0.29) is 11.6 Å². The van der Waals surface area contributed by atoms with Crippen LogP contribution in [-0.4, -0.2) is 49.8 Å². The first-order valence-electron chi connectivity index (χ1n) is 11.1. The van der Waals surface area contributed by atoms with Crippen LogP contribution >= 0.6 is 0 Å². The maximum atomic E-state index is 13.2. The van der Waals surface area contributed by atoms with Crippen LogP contribution in [0.3, 0.4) is 0 Å². The number of nitrogens with zero attached hydrogens (tertiary/aromatic N) is 5. The molecule has 0 spiro atoms. The average Bonchev–Trinajstić information content (AvgIpc) is 3.52. The van der Waals surface area contributed by atoms with Gasteiger partial charge in [0.05, 0.1) is 12.6 Å². The molecule has 5 rings (SSSR count). The van der Waals surface area contributed by atoms with Gasteiger partial charge in [-0.15, -0.1) is 5.10 Å². The monoisotopic (exact) mass is 408 g/mol. The topological polar surface area (TPSA) is 88.9 Å². The second-order valence-corrected chi connectivity index (χ2v) is 8.30. The van der Waals surface area contributed by atoms with Crippen molar-refractivity contribution in [1.82, 2.24) is 30.1 Å². The smallest absolute Gasteiger partial charge is 0.253 e. The molecule has 1 aliphatic carbocycles. The van der Waals surface area contributed by atoms with Gasteiger partial charge in [0.1, 0.15) is 11.8 Å². The molecule has 1 saturated heterocycles. The van der Waals surface area contributed by atoms with Crippen molar-refractivity contribution in [2.75, 3.05) is 19.7 Å². The summed E-state index contributed by atoms with van der Waals surface area (Å²) in [4.78, 5) is 18.6. The highest BCUT2D eigenvalue weighted by Crippen LogP contribution is 2.35. The van der Waals surface area contributed by atoms with Gasteiger partial charge in [0.15, 0.2) is 5.82 Å². The Bertz CT molecular complexity index is 1080. The molecule has 2 aliphatic rings. The Morgan fingerprint density at radius 1 is 1.17 bits per heavy atom. The molecule has 1 aromatic carbocycles. The van der Waals surface area contributed by atoms with Gasteiger partial charge in [-0.05, 0) is 80.4 Å². The summed E-state index contributed by atoms with van der Waals surface area (Å²) in [7, 11) is 0. The molecule has 8 heteroatoms. The van der Waals surface area contributed by atoms with Gasteiger partial charge in [0.2, 0.25) is 0 Å². The van der Waals surface area contributed by atoms with E-state index in [4.69, 9.17) is 4.74 Å². The number of ether oxygens (including phenoxy) is 1. The number of aromatic amines is 1. The summed E-state index contributed by atoms with van der Waals surface area (Å²) in [5.74, 6) is 1.59. The van der Waals surface area contributed by atoms with E-state index in [9.17, 15) is 4.79 Å². The fourth-order valence-corrected chi connectivity index (χ4v) is 4.95. The summed E-state index contributed by atoms with van der Waals surface area (Å²) in [5, 5.41) is 13.8. The summed E-state index contributed by atoms with van der Waals surface area (Å²) >= 11 is 0. The Labute approximate surface area is 175 Å². The molecule has 0 radical (unpaired) electrons. The largest absolute Gasteiger partial charge is 0.494 e. The summed E-state index contributed by atoms with van der Waals surface area (Å²) in [6.45, 7) is 4.46. The van der Waals surface area contributed by atoms with Gasteiger partial charge in [-0.3, -0.25) is 9.69 Å². The first-order chi connectivity index (χ1) is 14.7. The van der Waals surface area contributed by atoms with Crippen molar-refractivity contribution in [2.45, 2.75) is 57.5 Å². The van der Waals surface area contributed by atoms with E-state index in [1.165, 1.54) is 12.8 Å². The van der Waals surface area contributed by atoms with Crippen LogP contribution in [0.5, 0.6) is 5.75 Å². The van der Waals surface area contributed by atoms with Gasteiger partial charge in [-0.25, -0.2) is 4.68 Å². The Hall–Kier alpha value is -2.74. The molecule has 0 unspecified atom stereocenters. The molecule has 1 aliphatic heterocycles. The highest BCUT2D eigenvalue weighted by atomic mass is 16.5. The zero-order chi connectivity index (χ0) is 20.5. The number of rotatable bonds is 6. The van der Waals surface area contributed by atoms with Gasteiger partial charge in [-0.2, -0.15) is 0 Å². The van der Waals surface area contributed by atoms with Crippen LogP contribution in [0.4, 0.5) is 0 Å². The van der Waals surface area contributed by atoms with Crippen LogP contribution in [0.15, 0.2) is 29.1 Å². The second kappa shape index (κ2) is 8.18. The third-order valence-electron chi connectivity index (χ3n) is 6.39. The predicted octanol–water partition coefficient (Wildman–Crippen LogP) is 3.21. The number of benzene rings is 1. The number of pyridine rings is 1. The highest BCUT2D eigenvalue weighted by molar-refractivity contribution is 5.80. The number of aromatic nitrogens is 5.